The van der Waals surface area contributed by atoms with E-state index in [9.17, 15) is 15.0 Å². The van der Waals surface area contributed by atoms with Gasteiger partial charge < -0.3 is 14.9 Å². The molecule has 2 rings (SSSR count). The van der Waals surface area contributed by atoms with Crippen molar-refractivity contribution in [3.8, 4) is 11.5 Å². The summed E-state index contributed by atoms with van der Waals surface area (Å²) in [5.74, 6) is -0.119. The Kier molecular flexibility index (Phi) is 3.61. The number of benzene rings is 1. The van der Waals surface area contributed by atoms with Crippen LogP contribution in [0, 0.1) is 0 Å². The topological polar surface area (TPSA) is 70.0 Å². The maximum absolute atomic E-state index is 10.7. The number of rotatable bonds is 3. The van der Waals surface area contributed by atoms with Crippen LogP contribution in [-0.4, -0.2) is 47.7 Å². The van der Waals surface area contributed by atoms with Crippen molar-refractivity contribution in [2.45, 2.75) is 6.54 Å². The third-order valence-corrected chi connectivity index (χ3v) is 2.90. The monoisotopic (exact) mass is 237 g/mol. The van der Waals surface area contributed by atoms with E-state index >= 15 is 0 Å². The first-order valence-electron chi connectivity index (χ1n) is 5.51. The summed E-state index contributed by atoms with van der Waals surface area (Å²) in [5, 5.41) is 19.6. The molecule has 92 valence electrons. The number of aromatic hydroxyl groups is 2. The molecule has 1 aromatic carbocycles. The molecule has 0 radical (unpaired) electrons. The zero-order valence-corrected chi connectivity index (χ0v) is 9.43. The van der Waals surface area contributed by atoms with Gasteiger partial charge in [0.15, 0.2) is 6.29 Å². The van der Waals surface area contributed by atoms with Crippen LogP contribution in [0.25, 0.3) is 0 Å². The summed E-state index contributed by atoms with van der Waals surface area (Å²) in [6.07, 6.45) is 0.581. The molecule has 0 aromatic heterocycles. The van der Waals surface area contributed by atoms with Gasteiger partial charge in [-0.15, -0.1) is 0 Å². The first kappa shape index (κ1) is 11.9. The Bertz CT molecular complexity index is 413. The van der Waals surface area contributed by atoms with Gasteiger partial charge in [-0.1, -0.05) is 0 Å². The van der Waals surface area contributed by atoms with Crippen LogP contribution in [0.2, 0.25) is 0 Å². The largest absolute Gasteiger partial charge is 0.507 e. The number of nitrogens with zero attached hydrogens (tertiary/aromatic N) is 1. The van der Waals surface area contributed by atoms with E-state index in [0.29, 0.717) is 31.6 Å². The van der Waals surface area contributed by atoms with Gasteiger partial charge in [0.1, 0.15) is 11.5 Å². The number of phenolic OH excluding ortho intramolecular Hbond substituents is 2. The number of phenols is 2. The zero-order chi connectivity index (χ0) is 12.3. The van der Waals surface area contributed by atoms with Crippen molar-refractivity contribution in [1.29, 1.82) is 0 Å². The molecule has 1 aliphatic rings. The Hall–Kier alpha value is -1.59. The average Bonchev–Trinajstić information content (AvgIpc) is 2.36. The van der Waals surface area contributed by atoms with E-state index in [1.54, 1.807) is 0 Å². The number of carbonyl (C=O) groups excluding carboxylic acids is 1. The van der Waals surface area contributed by atoms with Crippen molar-refractivity contribution in [3.05, 3.63) is 23.3 Å². The summed E-state index contributed by atoms with van der Waals surface area (Å²) >= 11 is 0. The molecule has 0 saturated carbocycles. The van der Waals surface area contributed by atoms with Gasteiger partial charge in [0.25, 0.3) is 0 Å². The van der Waals surface area contributed by atoms with Crippen molar-refractivity contribution in [1.82, 2.24) is 4.90 Å². The molecular formula is C12H15NO4. The molecule has 0 bridgehead atoms. The quantitative estimate of drug-likeness (QED) is 0.759. The van der Waals surface area contributed by atoms with Crippen LogP contribution in [0.1, 0.15) is 15.9 Å². The van der Waals surface area contributed by atoms with Crippen LogP contribution < -0.4 is 0 Å². The molecule has 0 aliphatic carbocycles. The minimum Gasteiger partial charge on any atom is -0.507 e. The van der Waals surface area contributed by atoms with Gasteiger partial charge in [-0.2, -0.15) is 0 Å². The minimum absolute atomic E-state index is 0.0135. The molecule has 5 heteroatoms. The Balaban J connectivity index is 2.21. The van der Waals surface area contributed by atoms with Gasteiger partial charge in [0.2, 0.25) is 0 Å². The number of aldehydes is 1. The van der Waals surface area contributed by atoms with Crippen LogP contribution in [0.4, 0.5) is 0 Å². The smallest absolute Gasteiger partial charge is 0.153 e. The summed E-state index contributed by atoms with van der Waals surface area (Å²) in [7, 11) is 0. The highest BCUT2D eigenvalue weighted by atomic mass is 16.5. The molecule has 1 aliphatic heterocycles. The van der Waals surface area contributed by atoms with Gasteiger partial charge in [0.05, 0.1) is 24.3 Å². The summed E-state index contributed by atoms with van der Waals surface area (Å²) in [5.41, 5.74) is 0.600. The highest BCUT2D eigenvalue weighted by Crippen LogP contribution is 2.30. The fourth-order valence-electron chi connectivity index (χ4n) is 1.88. The van der Waals surface area contributed by atoms with E-state index in [1.807, 2.05) is 0 Å². The summed E-state index contributed by atoms with van der Waals surface area (Å²) < 4.78 is 5.22. The second-order valence-corrected chi connectivity index (χ2v) is 4.01. The van der Waals surface area contributed by atoms with Gasteiger partial charge in [0, 0.05) is 19.6 Å². The first-order chi connectivity index (χ1) is 8.22. The highest BCUT2D eigenvalue weighted by Gasteiger charge is 2.17. The molecule has 0 unspecified atom stereocenters. The maximum atomic E-state index is 10.7. The molecule has 0 spiro atoms. The fourth-order valence-corrected chi connectivity index (χ4v) is 1.88. The lowest BCUT2D eigenvalue weighted by molar-refractivity contribution is 0.0335. The van der Waals surface area contributed by atoms with Gasteiger partial charge in [-0.25, -0.2) is 0 Å². The lowest BCUT2D eigenvalue weighted by Gasteiger charge is -2.27. The molecular weight excluding hydrogens is 222 g/mol. The first-order valence-corrected chi connectivity index (χ1v) is 5.51. The van der Waals surface area contributed by atoms with Crippen molar-refractivity contribution in [3.63, 3.8) is 0 Å². The third-order valence-electron chi connectivity index (χ3n) is 2.90. The van der Waals surface area contributed by atoms with Crippen LogP contribution in [-0.2, 0) is 11.3 Å². The number of ether oxygens (including phenoxy) is 1. The summed E-state index contributed by atoms with van der Waals surface area (Å²) in [6.45, 7) is 3.22. The average molecular weight is 237 g/mol. The van der Waals surface area contributed by atoms with E-state index in [-0.39, 0.29) is 17.1 Å². The predicted molar refractivity (Wildman–Crippen MR) is 61.3 cm³/mol. The molecule has 1 aromatic rings. The molecule has 17 heavy (non-hydrogen) atoms. The van der Waals surface area contributed by atoms with Crippen LogP contribution in [0.3, 0.4) is 0 Å². The molecule has 1 heterocycles. The Morgan fingerprint density at radius 2 is 2.00 bits per heavy atom. The number of morpholine rings is 1. The number of hydrogen-bond donors (Lipinski definition) is 2. The molecule has 5 nitrogen and oxygen atoms in total. The van der Waals surface area contributed by atoms with Gasteiger partial charge >= 0.3 is 0 Å². The lowest BCUT2D eigenvalue weighted by atomic mass is 10.1. The third kappa shape index (κ3) is 2.57. The van der Waals surface area contributed by atoms with Crippen LogP contribution in [0.5, 0.6) is 11.5 Å². The fraction of sp³-hybridized carbons (Fsp3) is 0.417. The van der Waals surface area contributed by atoms with Gasteiger partial charge in [-0.05, 0) is 12.1 Å². The van der Waals surface area contributed by atoms with E-state index in [2.05, 4.69) is 4.90 Å². The Labute approximate surface area is 99.2 Å². The summed E-state index contributed by atoms with van der Waals surface area (Å²) in [4.78, 5) is 12.8. The van der Waals surface area contributed by atoms with E-state index < -0.39 is 0 Å². The van der Waals surface area contributed by atoms with Crippen molar-refractivity contribution in [2.75, 3.05) is 26.3 Å². The molecule has 1 saturated heterocycles. The normalized spacial score (nSPS) is 16.9. The predicted octanol–water partition coefficient (Wildman–Crippen LogP) is 0.742. The van der Waals surface area contributed by atoms with E-state index in [4.69, 9.17) is 4.74 Å². The molecule has 1 fully saturated rings. The van der Waals surface area contributed by atoms with Crippen molar-refractivity contribution >= 4 is 6.29 Å². The maximum Gasteiger partial charge on any atom is 0.153 e. The van der Waals surface area contributed by atoms with Gasteiger partial charge in [-0.3, -0.25) is 9.69 Å². The zero-order valence-electron chi connectivity index (χ0n) is 9.43. The standard InChI is InChI=1S/C12H15NO4/c14-8-9-1-2-11(15)10(12(9)16)7-13-3-5-17-6-4-13/h1-2,8,15-16H,3-7H2. The lowest BCUT2D eigenvalue weighted by Crippen LogP contribution is -2.35. The SMILES string of the molecule is O=Cc1ccc(O)c(CN2CCOCC2)c1O. The molecule has 2 N–H and O–H groups in total. The second kappa shape index (κ2) is 5.16. The number of carbonyl (C=O) groups is 1. The van der Waals surface area contributed by atoms with Crippen molar-refractivity contribution < 1.29 is 19.7 Å². The number of hydrogen-bond acceptors (Lipinski definition) is 5. The highest BCUT2D eigenvalue weighted by molar-refractivity contribution is 5.80. The van der Waals surface area contributed by atoms with E-state index in [0.717, 1.165) is 13.1 Å². The Morgan fingerprint density at radius 1 is 1.29 bits per heavy atom. The molecule has 0 atom stereocenters. The van der Waals surface area contributed by atoms with E-state index in [1.165, 1.54) is 12.1 Å². The molecule has 0 amide bonds. The summed E-state index contributed by atoms with van der Waals surface area (Å²) in [6, 6.07) is 2.83. The minimum atomic E-state index is -0.133. The van der Waals surface area contributed by atoms with Crippen LogP contribution in [0.15, 0.2) is 12.1 Å². The second-order valence-electron chi connectivity index (χ2n) is 4.01. The Morgan fingerprint density at radius 3 is 2.65 bits per heavy atom. The van der Waals surface area contributed by atoms with Crippen LogP contribution >= 0.6 is 0 Å². The van der Waals surface area contributed by atoms with Crippen molar-refractivity contribution in [2.24, 2.45) is 0 Å².